The Morgan fingerprint density at radius 1 is 1.03 bits per heavy atom. The zero-order valence-corrected chi connectivity index (χ0v) is 16.7. The Morgan fingerprint density at radius 3 is 2.59 bits per heavy atom. The quantitative estimate of drug-likeness (QED) is 0.496. The number of aromatic nitrogens is 1. The van der Waals surface area contributed by atoms with E-state index in [1.54, 1.807) is 22.8 Å². The highest BCUT2D eigenvalue weighted by atomic mass is 32.1. The molecule has 0 spiro atoms. The van der Waals surface area contributed by atoms with Crippen molar-refractivity contribution < 1.29 is 9.53 Å². The van der Waals surface area contributed by atoms with Crippen LogP contribution in [0.1, 0.15) is 22.8 Å². The molecule has 1 amide bonds. The van der Waals surface area contributed by atoms with Crippen LogP contribution in [0.4, 0.5) is 5.69 Å². The van der Waals surface area contributed by atoms with Gasteiger partial charge in [0.2, 0.25) is 0 Å². The number of fused-ring (bicyclic) bond motifs is 1. The summed E-state index contributed by atoms with van der Waals surface area (Å²) in [4.78, 5) is 24.9. The summed E-state index contributed by atoms with van der Waals surface area (Å²) in [6.45, 7) is 2.95. The number of benzene rings is 3. The van der Waals surface area contributed by atoms with Gasteiger partial charge in [0.25, 0.3) is 5.91 Å². The molecule has 3 aromatic carbocycles. The van der Waals surface area contributed by atoms with Crippen molar-refractivity contribution in [3.63, 3.8) is 0 Å². The van der Waals surface area contributed by atoms with Crippen LogP contribution in [0, 0.1) is 0 Å². The molecule has 0 aliphatic heterocycles. The maximum atomic E-state index is 12.9. The fourth-order valence-corrected chi connectivity index (χ4v) is 4.15. The molecule has 1 aromatic heterocycles. The number of rotatable bonds is 6. The number of nitrogens with zero attached hydrogens (tertiary/aromatic N) is 1. The number of hydrogen-bond donors (Lipinski definition) is 1. The highest BCUT2D eigenvalue weighted by Gasteiger charge is 2.14. The second-order valence-corrected chi connectivity index (χ2v) is 7.51. The van der Waals surface area contributed by atoms with E-state index in [4.69, 9.17) is 4.74 Å². The molecule has 0 saturated heterocycles. The minimum absolute atomic E-state index is 0.00522. The molecule has 1 N–H and O–H groups in total. The first-order valence-electron chi connectivity index (χ1n) is 9.36. The van der Waals surface area contributed by atoms with Gasteiger partial charge in [-0.25, -0.2) is 0 Å². The zero-order valence-electron chi connectivity index (χ0n) is 15.9. The number of thiazole rings is 1. The molecule has 0 fully saturated rings. The average Bonchev–Trinajstić information content (AvgIpc) is 3.07. The second kappa shape index (κ2) is 8.32. The van der Waals surface area contributed by atoms with Gasteiger partial charge in [-0.15, -0.1) is 0 Å². The van der Waals surface area contributed by atoms with Gasteiger partial charge in [0.1, 0.15) is 12.4 Å². The predicted octanol–water partition coefficient (Wildman–Crippen LogP) is 4.91. The molecule has 0 aliphatic carbocycles. The normalized spacial score (nSPS) is 10.8. The van der Waals surface area contributed by atoms with E-state index in [0.29, 0.717) is 30.2 Å². The topological polar surface area (TPSA) is 60.3 Å². The maximum absolute atomic E-state index is 12.9. The summed E-state index contributed by atoms with van der Waals surface area (Å²) in [6.07, 6.45) is 0. The van der Waals surface area contributed by atoms with Gasteiger partial charge in [-0.1, -0.05) is 53.8 Å². The van der Waals surface area contributed by atoms with E-state index in [-0.39, 0.29) is 10.8 Å². The Morgan fingerprint density at radius 2 is 1.79 bits per heavy atom. The first-order valence-corrected chi connectivity index (χ1v) is 10.2. The first kappa shape index (κ1) is 19.0. The van der Waals surface area contributed by atoms with Crippen LogP contribution in [-0.4, -0.2) is 10.5 Å². The molecule has 0 unspecified atom stereocenters. The molecular weight excluding hydrogens is 384 g/mol. The minimum Gasteiger partial charge on any atom is -0.488 e. The zero-order chi connectivity index (χ0) is 20.2. The summed E-state index contributed by atoms with van der Waals surface area (Å²) in [6, 6.07) is 22.5. The Balaban J connectivity index is 1.54. The van der Waals surface area contributed by atoms with Crippen molar-refractivity contribution in [1.82, 2.24) is 4.57 Å². The molecule has 0 aliphatic rings. The van der Waals surface area contributed by atoms with Crippen molar-refractivity contribution in [3.05, 3.63) is 93.6 Å². The van der Waals surface area contributed by atoms with Gasteiger partial charge in [-0.3, -0.25) is 14.2 Å². The smallest absolute Gasteiger partial charge is 0.308 e. The highest BCUT2D eigenvalue weighted by Crippen LogP contribution is 2.24. The van der Waals surface area contributed by atoms with Gasteiger partial charge < -0.3 is 10.1 Å². The first-order chi connectivity index (χ1) is 14.2. The third kappa shape index (κ3) is 4.07. The van der Waals surface area contributed by atoms with Gasteiger partial charge in [0.05, 0.1) is 15.8 Å². The molecule has 4 aromatic rings. The summed E-state index contributed by atoms with van der Waals surface area (Å²) in [5, 5.41) is 2.91. The van der Waals surface area contributed by atoms with E-state index in [0.717, 1.165) is 15.8 Å². The number of nitrogens with one attached hydrogen (secondary N) is 1. The van der Waals surface area contributed by atoms with Gasteiger partial charge in [0.15, 0.2) is 0 Å². The van der Waals surface area contributed by atoms with Crippen molar-refractivity contribution in [2.45, 2.75) is 20.1 Å². The van der Waals surface area contributed by atoms with Crippen LogP contribution in [0.25, 0.3) is 10.2 Å². The molecule has 0 bridgehead atoms. The largest absolute Gasteiger partial charge is 0.488 e. The number of carbonyl (C=O) groups is 1. The van der Waals surface area contributed by atoms with Crippen LogP contribution in [0.3, 0.4) is 0 Å². The molecule has 146 valence electrons. The molecule has 5 nitrogen and oxygen atoms in total. The average molecular weight is 404 g/mol. The summed E-state index contributed by atoms with van der Waals surface area (Å²) in [5.74, 6) is 0.270. The number of amides is 1. The van der Waals surface area contributed by atoms with Crippen LogP contribution in [-0.2, 0) is 13.2 Å². The van der Waals surface area contributed by atoms with Gasteiger partial charge >= 0.3 is 4.87 Å². The van der Waals surface area contributed by atoms with E-state index in [1.807, 2.05) is 61.5 Å². The Hall–Kier alpha value is -3.38. The number of carbonyl (C=O) groups excluding carboxylic acids is 1. The molecular formula is C23H20N2O3S. The Kier molecular flexibility index (Phi) is 5.44. The number of aryl methyl sites for hydroxylation is 1. The lowest BCUT2D eigenvalue weighted by Crippen LogP contribution is -2.13. The summed E-state index contributed by atoms with van der Waals surface area (Å²) in [7, 11) is 0. The molecule has 0 atom stereocenters. The van der Waals surface area contributed by atoms with E-state index >= 15 is 0 Å². The van der Waals surface area contributed by atoms with Crippen LogP contribution < -0.4 is 14.9 Å². The fraction of sp³-hybridized carbons (Fsp3) is 0.130. The third-order valence-electron chi connectivity index (χ3n) is 4.61. The molecule has 0 radical (unpaired) electrons. The number of para-hydroxylation sites is 1. The predicted molar refractivity (Wildman–Crippen MR) is 117 cm³/mol. The minimum atomic E-state index is -0.254. The van der Waals surface area contributed by atoms with Gasteiger partial charge in [-0.2, -0.15) is 0 Å². The Bertz CT molecular complexity index is 1210. The van der Waals surface area contributed by atoms with Crippen molar-refractivity contribution >= 4 is 33.1 Å². The van der Waals surface area contributed by atoms with Crippen LogP contribution in [0.15, 0.2) is 77.6 Å². The molecule has 29 heavy (non-hydrogen) atoms. The fourth-order valence-electron chi connectivity index (χ4n) is 3.16. The molecule has 4 rings (SSSR count). The monoisotopic (exact) mass is 404 g/mol. The summed E-state index contributed by atoms with van der Waals surface area (Å²) >= 11 is 1.18. The van der Waals surface area contributed by atoms with Crippen molar-refractivity contribution in [1.29, 1.82) is 0 Å². The molecule has 0 saturated carbocycles. The molecule has 1 heterocycles. The SMILES string of the molecule is CCn1c(=O)sc2cc(NC(=O)c3ccccc3OCc3ccccc3)ccc21. The number of ether oxygens (including phenoxy) is 1. The van der Waals surface area contributed by atoms with Gasteiger partial charge in [0, 0.05) is 12.2 Å². The summed E-state index contributed by atoms with van der Waals surface area (Å²) < 4.78 is 8.45. The van der Waals surface area contributed by atoms with Crippen molar-refractivity contribution in [3.8, 4) is 5.75 Å². The lowest BCUT2D eigenvalue weighted by atomic mass is 10.1. The third-order valence-corrected chi connectivity index (χ3v) is 5.55. The van der Waals surface area contributed by atoms with E-state index in [2.05, 4.69) is 5.32 Å². The second-order valence-electron chi connectivity index (χ2n) is 6.52. The Labute approximate surface area is 172 Å². The lowest BCUT2D eigenvalue weighted by molar-refractivity contribution is 0.102. The van der Waals surface area contributed by atoms with Crippen LogP contribution >= 0.6 is 11.3 Å². The van der Waals surface area contributed by atoms with Crippen LogP contribution in [0.2, 0.25) is 0 Å². The van der Waals surface area contributed by atoms with Crippen LogP contribution in [0.5, 0.6) is 5.75 Å². The van der Waals surface area contributed by atoms with Gasteiger partial charge in [-0.05, 0) is 42.8 Å². The number of hydrogen-bond acceptors (Lipinski definition) is 4. The summed E-state index contributed by atoms with van der Waals surface area (Å²) in [5.41, 5.74) is 3.02. The van der Waals surface area contributed by atoms with Crippen molar-refractivity contribution in [2.75, 3.05) is 5.32 Å². The van der Waals surface area contributed by atoms with E-state index < -0.39 is 0 Å². The maximum Gasteiger partial charge on any atom is 0.308 e. The van der Waals surface area contributed by atoms with E-state index in [9.17, 15) is 9.59 Å². The van der Waals surface area contributed by atoms with E-state index in [1.165, 1.54) is 11.3 Å². The molecule has 6 heteroatoms. The standard InChI is InChI=1S/C23H20N2O3S/c1-2-25-19-13-12-17(14-21(19)29-23(25)27)24-22(26)18-10-6-7-11-20(18)28-15-16-8-4-3-5-9-16/h3-14H,2,15H2,1H3,(H,24,26). The number of anilines is 1. The lowest BCUT2D eigenvalue weighted by Gasteiger charge is -2.12. The highest BCUT2D eigenvalue weighted by molar-refractivity contribution is 7.16. The van der Waals surface area contributed by atoms with Crippen molar-refractivity contribution in [2.24, 2.45) is 0 Å².